The highest BCUT2D eigenvalue weighted by Crippen LogP contribution is 2.48. The van der Waals surface area contributed by atoms with Crippen LogP contribution in [-0.2, 0) is 11.2 Å². The molecule has 0 radical (unpaired) electrons. The second-order valence-corrected chi connectivity index (χ2v) is 3.87. The summed E-state index contributed by atoms with van der Waals surface area (Å²) in [6.07, 6.45) is -5.93. The number of aliphatic carboxylic acids is 1. The first-order valence-corrected chi connectivity index (χ1v) is 4.73. The van der Waals surface area contributed by atoms with Crippen molar-refractivity contribution in [3.05, 3.63) is 35.4 Å². The molecule has 1 aliphatic rings. The summed E-state index contributed by atoms with van der Waals surface area (Å²) in [6.45, 7) is 0. The molecule has 0 spiro atoms. The van der Waals surface area contributed by atoms with Gasteiger partial charge in [0.2, 0.25) is 5.41 Å². The van der Waals surface area contributed by atoms with Gasteiger partial charge >= 0.3 is 12.1 Å². The SMILES string of the molecule is O=C(O)C1(C(F)(F)F)Cc2ccccc2C1=O. The van der Waals surface area contributed by atoms with E-state index >= 15 is 0 Å². The molecule has 1 aliphatic carbocycles. The van der Waals surface area contributed by atoms with Crippen molar-refractivity contribution in [1.29, 1.82) is 0 Å². The number of alkyl halides is 3. The lowest BCUT2D eigenvalue weighted by atomic mass is 9.83. The summed E-state index contributed by atoms with van der Waals surface area (Å²) >= 11 is 0. The Balaban J connectivity index is 2.63. The molecule has 0 aliphatic heterocycles. The number of halogens is 3. The van der Waals surface area contributed by atoms with Crippen molar-refractivity contribution in [1.82, 2.24) is 0 Å². The van der Waals surface area contributed by atoms with E-state index in [0.717, 1.165) is 0 Å². The maximum absolute atomic E-state index is 12.9. The van der Waals surface area contributed by atoms with E-state index in [2.05, 4.69) is 0 Å². The normalized spacial score (nSPS) is 23.6. The third-order valence-corrected chi connectivity index (χ3v) is 2.95. The molecule has 0 saturated heterocycles. The van der Waals surface area contributed by atoms with Crippen LogP contribution < -0.4 is 0 Å². The van der Waals surface area contributed by atoms with E-state index < -0.39 is 29.8 Å². The van der Waals surface area contributed by atoms with Crippen molar-refractivity contribution in [3.63, 3.8) is 0 Å². The third kappa shape index (κ3) is 1.36. The molecule has 0 amide bonds. The van der Waals surface area contributed by atoms with Crippen LogP contribution in [0.1, 0.15) is 15.9 Å². The number of carbonyl (C=O) groups is 2. The highest BCUT2D eigenvalue weighted by molar-refractivity contribution is 6.16. The summed E-state index contributed by atoms with van der Waals surface area (Å²) in [5.41, 5.74) is -3.36. The Morgan fingerprint density at radius 1 is 1.29 bits per heavy atom. The predicted molar refractivity (Wildman–Crippen MR) is 50.6 cm³/mol. The van der Waals surface area contributed by atoms with Gasteiger partial charge in [-0.15, -0.1) is 0 Å². The molecule has 0 aromatic heterocycles. The maximum Gasteiger partial charge on any atom is 0.412 e. The van der Waals surface area contributed by atoms with Crippen LogP contribution in [0.25, 0.3) is 0 Å². The Morgan fingerprint density at radius 2 is 1.88 bits per heavy atom. The van der Waals surface area contributed by atoms with Crippen LogP contribution >= 0.6 is 0 Å². The maximum atomic E-state index is 12.9. The zero-order valence-electron chi connectivity index (χ0n) is 8.41. The molecule has 6 heteroatoms. The fourth-order valence-electron chi connectivity index (χ4n) is 2.01. The summed E-state index contributed by atoms with van der Waals surface area (Å²) in [7, 11) is 0. The molecule has 1 atom stereocenters. The molecular formula is C11H7F3O3. The van der Waals surface area contributed by atoms with Gasteiger partial charge in [-0.05, 0) is 5.56 Å². The first-order valence-electron chi connectivity index (χ1n) is 4.73. The minimum atomic E-state index is -5.10. The van der Waals surface area contributed by atoms with Gasteiger partial charge in [0.15, 0.2) is 5.78 Å². The van der Waals surface area contributed by atoms with Crippen LogP contribution in [0.5, 0.6) is 0 Å². The molecule has 0 saturated carbocycles. The molecule has 0 heterocycles. The lowest BCUT2D eigenvalue weighted by molar-refractivity contribution is -0.213. The Kier molecular flexibility index (Phi) is 2.27. The molecule has 0 bridgehead atoms. The fraction of sp³-hybridized carbons (Fsp3) is 0.273. The van der Waals surface area contributed by atoms with E-state index in [-0.39, 0.29) is 11.1 Å². The smallest absolute Gasteiger partial charge is 0.412 e. The average molecular weight is 244 g/mol. The summed E-state index contributed by atoms with van der Waals surface area (Å²) in [6, 6.07) is 5.43. The summed E-state index contributed by atoms with van der Waals surface area (Å²) in [5.74, 6) is -3.53. The Morgan fingerprint density at radius 3 is 2.35 bits per heavy atom. The minimum Gasteiger partial charge on any atom is -0.480 e. The second-order valence-electron chi connectivity index (χ2n) is 3.87. The average Bonchev–Trinajstić information content (AvgIpc) is 2.53. The first kappa shape index (κ1) is 11.6. The Hall–Kier alpha value is -1.85. The molecule has 0 fully saturated rings. The number of hydrogen-bond donors (Lipinski definition) is 1. The van der Waals surface area contributed by atoms with Crippen molar-refractivity contribution in [2.45, 2.75) is 12.6 Å². The van der Waals surface area contributed by atoms with E-state index in [1.807, 2.05) is 0 Å². The number of carboxylic acid groups (broad SMARTS) is 1. The van der Waals surface area contributed by atoms with Crippen LogP contribution in [0.3, 0.4) is 0 Å². The molecule has 1 unspecified atom stereocenters. The van der Waals surface area contributed by atoms with Gasteiger partial charge in [-0.3, -0.25) is 9.59 Å². The van der Waals surface area contributed by atoms with E-state index in [0.29, 0.717) is 0 Å². The summed E-state index contributed by atoms with van der Waals surface area (Å²) in [4.78, 5) is 22.6. The zero-order valence-corrected chi connectivity index (χ0v) is 8.41. The molecule has 2 rings (SSSR count). The Labute approximate surface area is 93.9 Å². The molecule has 1 aromatic carbocycles. The van der Waals surface area contributed by atoms with Crippen molar-refractivity contribution in [3.8, 4) is 0 Å². The van der Waals surface area contributed by atoms with Crippen molar-refractivity contribution in [2.24, 2.45) is 5.41 Å². The second kappa shape index (κ2) is 3.32. The van der Waals surface area contributed by atoms with E-state index in [1.165, 1.54) is 24.3 Å². The van der Waals surface area contributed by atoms with Crippen LogP contribution in [0.15, 0.2) is 24.3 Å². The largest absolute Gasteiger partial charge is 0.480 e. The predicted octanol–water partition coefficient (Wildman–Crippen LogP) is 2.06. The number of Topliss-reactive ketones (excluding diaryl/α,β-unsaturated/α-hetero) is 1. The van der Waals surface area contributed by atoms with Gasteiger partial charge in [0.05, 0.1) is 0 Å². The fourth-order valence-corrected chi connectivity index (χ4v) is 2.01. The van der Waals surface area contributed by atoms with Gasteiger partial charge < -0.3 is 5.11 Å². The molecule has 3 nitrogen and oxygen atoms in total. The number of carboxylic acids is 1. The number of ketones is 1. The van der Waals surface area contributed by atoms with Gasteiger partial charge in [-0.2, -0.15) is 13.2 Å². The van der Waals surface area contributed by atoms with Crippen LogP contribution in [0.4, 0.5) is 13.2 Å². The minimum absolute atomic E-state index is 0.122. The molecule has 17 heavy (non-hydrogen) atoms. The highest BCUT2D eigenvalue weighted by atomic mass is 19.4. The monoisotopic (exact) mass is 244 g/mol. The van der Waals surface area contributed by atoms with Gasteiger partial charge in [-0.1, -0.05) is 24.3 Å². The lowest BCUT2D eigenvalue weighted by Gasteiger charge is -2.24. The van der Waals surface area contributed by atoms with E-state index in [4.69, 9.17) is 5.11 Å². The molecule has 90 valence electrons. The third-order valence-electron chi connectivity index (χ3n) is 2.95. The number of fused-ring (bicyclic) bond motifs is 1. The molecule has 1 N–H and O–H groups in total. The first-order chi connectivity index (χ1) is 7.80. The van der Waals surface area contributed by atoms with E-state index in [1.54, 1.807) is 0 Å². The number of rotatable bonds is 1. The van der Waals surface area contributed by atoms with Gasteiger partial charge in [0.25, 0.3) is 0 Å². The highest BCUT2D eigenvalue weighted by Gasteiger charge is 2.68. The number of hydrogen-bond acceptors (Lipinski definition) is 2. The summed E-state index contributed by atoms with van der Waals surface area (Å²) in [5, 5.41) is 8.80. The van der Waals surface area contributed by atoms with Crippen molar-refractivity contribution >= 4 is 11.8 Å². The van der Waals surface area contributed by atoms with Crippen LogP contribution in [0, 0.1) is 5.41 Å². The Bertz CT molecular complexity index is 507. The molecular weight excluding hydrogens is 237 g/mol. The summed E-state index contributed by atoms with van der Waals surface area (Å²) < 4.78 is 38.6. The van der Waals surface area contributed by atoms with E-state index in [9.17, 15) is 22.8 Å². The zero-order chi connectivity index (χ0) is 12.8. The van der Waals surface area contributed by atoms with Crippen molar-refractivity contribution in [2.75, 3.05) is 0 Å². The standard InChI is InChI=1S/C11H7F3O3/c12-11(13,14)10(9(16)17)5-6-3-1-2-4-7(6)8(10)15/h1-4H,5H2,(H,16,17). The van der Waals surface area contributed by atoms with Gasteiger partial charge in [0.1, 0.15) is 0 Å². The van der Waals surface area contributed by atoms with Crippen molar-refractivity contribution < 1.29 is 27.9 Å². The number of benzene rings is 1. The van der Waals surface area contributed by atoms with Gasteiger partial charge in [0, 0.05) is 12.0 Å². The topological polar surface area (TPSA) is 54.4 Å². The lowest BCUT2D eigenvalue weighted by Crippen LogP contribution is -2.49. The number of carbonyl (C=O) groups excluding carboxylic acids is 1. The van der Waals surface area contributed by atoms with Gasteiger partial charge in [-0.25, -0.2) is 0 Å². The quantitative estimate of drug-likeness (QED) is 0.769. The van der Waals surface area contributed by atoms with Crippen LogP contribution in [0.2, 0.25) is 0 Å². The van der Waals surface area contributed by atoms with Crippen LogP contribution in [-0.4, -0.2) is 23.0 Å². The molecule has 1 aromatic rings.